The minimum Gasteiger partial charge on any atom is -0.487 e. The van der Waals surface area contributed by atoms with Crippen molar-refractivity contribution in [3.05, 3.63) is 77.9 Å². The number of cyclic esters (lactones) is 1. The smallest absolute Gasteiger partial charge is 0.332 e. The summed E-state index contributed by atoms with van der Waals surface area (Å²) in [6.07, 6.45) is -2.39. The van der Waals surface area contributed by atoms with Gasteiger partial charge in [0.15, 0.2) is 6.04 Å². The number of hydrogen-bond donors (Lipinski definition) is 8. The number of aliphatic hydroxyl groups is 2. The number of nitrogens with zero attached hydrogens (tertiary/aromatic N) is 1. The molecule has 4 heterocycles. The van der Waals surface area contributed by atoms with Crippen LogP contribution in [0.15, 0.2) is 66.7 Å². The molecule has 4 aliphatic rings. The molecule has 7 amide bonds. The maximum atomic E-state index is 15.2. The molecule has 2 aromatic rings. The SMILES string of the molecule is CC[C@H](C)[C@H]1NC(=O)[C@@H](NC(=O)C(C)[C@H](O)C(C)C)[C@@H](C)OC(=O)C2COC(=O)CNC(=O)/C=C\[C@]3(CO3)[C@@H](C)Oc3ccc(cc3)[C@H](NC1=O)C(=O)N(C)C(Cc1ccccc1)C(=O)NC(C(C)O)C(=O)N2. The van der Waals surface area contributed by atoms with E-state index in [1.807, 2.05) is 0 Å². The van der Waals surface area contributed by atoms with Crippen LogP contribution in [0.5, 0.6) is 5.75 Å². The van der Waals surface area contributed by atoms with Gasteiger partial charge in [-0.1, -0.05) is 83.5 Å². The summed E-state index contributed by atoms with van der Waals surface area (Å²) in [6.45, 7) is 10.8. The second-order valence-electron chi connectivity index (χ2n) is 19.2. The number of nitrogens with one attached hydrogen (secondary N) is 6. The minimum atomic E-state index is -1.94. The van der Waals surface area contributed by atoms with E-state index in [4.69, 9.17) is 18.9 Å². The molecule has 8 N–H and O–H groups in total. The lowest BCUT2D eigenvalue weighted by Gasteiger charge is -2.34. The number of aliphatic hydroxyl groups excluding tert-OH is 2. The first-order valence-electron chi connectivity index (χ1n) is 24.4. The van der Waals surface area contributed by atoms with Gasteiger partial charge in [-0.25, -0.2) is 4.79 Å². The van der Waals surface area contributed by atoms with Crippen molar-refractivity contribution in [2.75, 3.05) is 26.8 Å². The first kappa shape index (κ1) is 57.0. The predicted molar refractivity (Wildman–Crippen MR) is 260 cm³/mol. The zero-order valence-electron chi connectivity index (χ0n) is 42.5. The molecule has 22 heteroatoms. The Morgan fingerprint density at radius 1 is 0.822 bits per heavy atom. The lowest BCUT2D eigenvalue weighted by molar-refractivity contribution is -0.160. The Balaban J connectivity index is 1.72. The van der Waals surface area contributed by atoms with Crippen LogP contribution in [0.2, 0.25) is 0 Å². The van der Waals surface area contributed by atoms with Crippen LogP contribution in [0.3, 0.4) is 0 Å². The van der Waals surface area contributed by atoms with Gasteiger partial charge < -0.3 is 66.0 Å². The van der Waals surface area contributed by atoms with Gasteiger partial charge in [0, 0.05) is 19.5 Å². The number of fused-ring (bicyclic) bond motifs is 9. The molecular weight excluding hydrogens is 951 g/mol. The van der Waals surface area contributed by atoms with E-state index >= 15 is 4.79 Å². The third-order valence-corrected chi connectivity index (χ3v) is 13.4. The molecule has 1 spiro atoms. The van der Waals surface area contributed by atoms with Gasteiger partial charge in [0.2, 0.25) is 41.4 Å². The molecule has 398 valence electrons. The van der Waals surface area contributed by atoms with Crippen molar-refractivity contribution in [1.29, 1.82) is 0 Å². The lowest BCUT2D eigenvalue weighted by atomic mass is 9.93. The molecule has 4 aliphatic heterocycles. The van der Waals surface area contributed by atoms with Gasteiger partial charge >= 0.3 is 11.9 Å². The Kier molecular flexibility index (Phi) is 19.6. The van der Waals surface area contributed by atoms with E-state index in [-0.39, 0.29) is 18.6 Å². The summed E-state index contributed by atoms with van der Waals surface area (Å²) < 4.78 is 23.0. The molecule has 22 nitrogen and oxygen atoms in total. The Bertz CT molecular complexity index is 2360. The molecule has 2 fully saturated rings. The molecule has 0 radical (unpaired) electrons. The van der Waals surface area contributed by atoms with Crippen LogP contribution in [-0.2, 0) is 63.8 Å². The fourth-order valence-corrected chi connectivity index (χ4v) is 8.15. The van der Waals surface area contributed by atoms with Gasteiger partial charge in [-0.3, -0.25) is 38.4 Å². The van der Waals surface area contributed by atoms with Crippen molar-refractivity contribution < 1.29 is 72.3 Å². The third-order valence-electron chi connectivity index (χ3n) is 13.4. The van der Waals surface area contributed by atoms with Gasteiger partial charge in [0.25, 0.3) is 0 Å². The van der Waals surface area contributed by atoms with Gasteiger partial charge in [-0.2, -0.15) is 0 Å². The van der Waals surface area contributed by atoms with Crippen LogP contribution in [0, 0.1) is 17.8 Å². The first-order chi connectivity index (χ1) is 34.5. The van der Waals surface area contributed by atoms with Gasteiger partial charge in [0.1, 0.15) is 66.9 Å². The number of carbonyl (C=O) groups excluding carboxylic acids is 9. The van der Waals surface area contributed by atoms with Crippen molar-refractivity contribution in [3.63, 3.8) is 0 Å². The van der Waals surface area contributed by atoms with Gasteiger partial charge in [0.05, 0.1) is 24.7 Å². The molecule has 5 unspecified atom stereocenters. The maximum absolute atomic E-state index is 15.2. The zero-order valence-corrected chi connectivity index (χ0v) is 42.5. The fourth-order valence-electron chi connectivity index (χ4n) is 8.15. The molecule has 0 aromatic heterocycles. The number of rotatable bonds is 9. The largest absolute Gasteiger partial charge is 0.487 e. The molecule has 2 aromatic carbocycles. The molecule has 13 atom stereocenters. The minimum absolute atomic E-state index is 0.141. The summed E-state index contributed by atoms with van der Waals surface area (Å²) in [5.41, 5.74) is -0.249. The second kappa shape index (κ2) is 25.2. The van der Waals surface area contributed by atoms with E-state index in [9.17, 15) is 48.6 Å². The van der Waals surface area contributed by atoms with E-state index in [0.29, 0.717) is 17.7 Å². The zero-order chi connectivity index (χ0) is 53.9. The quantitative estimate of drug-likeness (QED) is 0.118. The summed E-state index contributed by atoms with van der Waals surface area (Å²) in [4.78, 5) is 129. The summed E-state index contributed by atoms with van der Waals surface area (Å²) in [7, 11) is 1.32. The second-order valence-corrected chi connectivity index (χ2v) is 19.2. The molecule has 2 saturated heterocycles. The van der Waals surface area contributed by atoms with Crippen LogP contribution in [0.4, 0.5) is 0 Å². The molecule has 4 bridgehead atoms. The highest BCUT2D eigenvalue weighted by molar-refractivity contribution is 5.98. The van der Waals surface area contributed by atoms with E-state index in [1.54, 1.807) is 65.0 Å². The van der Waals surface area contributed by atoms with E-state index in [1.165, 1.54) is 58.2 Å². The first-order valence-corrected chi connectivity index (χ1v) is 24.4. The van der Waals surface area contributed by atoms with Crippen molar-refractivity contribution in [1.82, 2.24) is 36.8 Å². The van der Waals surface area contributed by atoms with E-state index < -0.39 is 150 Å². The molecule has 0 saturated carbocycles. The normalized spacial score (nSPS) is 29.3. The number of likely N-dealkylation sites (N-methyl/N-ethyl adjacent to an activating group) is 1. The number of ether oxygens (including phenoxy) is 4. The van der Waals surface area contributed by atoms with E-state index in [0.717, 1.165) is 11.0 Å². The van der Waals surface area contributed by atoms with Crippen molar-refractivity contribution in [3.8, 4) is 5.75 Å². The average Bonchev–Trinajstić information content (AvgIpc) is 4.17. The summed E-state index contributed by atoms with van der Waals surface area (Å²) in [5.74, 6) is -10.7. The lowest BCUT2D eigenvalue weighted by Crippen LogP contribution is -2.61. The van der Waals surface area contributed by atoms with Crippen LogP contribution >= 0.6 is 0 Å². The Labute approximate surface area is 424 Å². The number of carbonyl (C=O) groups is 9. The predicted octanol–water partition coefficient (Wildman–Crippen LogP) is -0.356. The maximum Gasteiger partial charge on any atom is 0.332 e. The highest BCUT2D eigenvalue weighted by Crippen LogP contribution is 2.35. The fraction of sp³-hybridized carbons (Fsp3) is 0.549. The van der Waals surface area contributed by atoms with Gasteiger partial charge in [-0.05, 0) is 61.9 Å². The van der Waals surface area contributed by atoms with Crippen molar-refractivity contribution in [2.24, 2.45) is 17.8 Å². The highest BCUT2D eigenvalue weighted by atomic mass is 16.6. The Morgan fingerprint density at radius 2 is 1.45 bits per heavy atom. The number of epoxide rings is 1. The van der Waals surface area contributed by atoms with E-state index in [2.05, 4.69) is 31.9 Å². The topological polar surface area (TPSA) is 310 Å². The van der Waals surface area contributed by atoms with Crippen LogP contribution in [-0.4, -0.2) is 155 Å². The van der Waals surface area contributed by atoms with Crippen LogP contribution < -0.4 is 36.6 Å². The number of benzene rings is 2. The summed E-state index contributed by atoms with van der Waals surface area (Å²) >= 11 is 0. The summed E-state index contributed by atoms with van der Waals surface area (Å²) in [6, 6.07) is 4.69. The van der Waals surface area contributed by atoms with Crippen molar-refractivity contribution >= 4 is 53.3 Å². The molecular formula is C51H69N7O15. The number of esters is 2. The highest BCUT2D eigenvalue weighted by Gasteiger charge is 2.49. The number of amides is 7. The molecule has 0 aliphatic carbocycles. The van der Waals surface area contributed by atoms with Gasteiger partial charge in [-0.15, -0.1) is 0 Å². The van der Waals surface area contributed by atoms with Crippen LogP contribution in [0.1, 0.15) is 79.0 Å². The number of hydrogen-bond acceptors (Lipinski definition) is 15. The third kappa shape index (κ3) is 14.8. The van der Waals surface area contributed by atoms with Crippen LogP contribution in [0.25, 0.3) is 0 Å². The molecule has 73 heavy (non-hydrogen) atoms. The Morgan fingerprint density at radius 3 is 2.05 bits per heavy atom. The standard InChI is InChI=1S/C51H69N7O15/c1-10-27(4)39-46(65)57-42-33-16-18-34(19-17-33)73-31(8)51(25-71-51)21-20-37(60)52-23-38(61)70-24-35(50(69)72-30(7)41(48(67)54-39)56-44(63)28(5)43(62)26(2)3)53-47(66)40(29(6)59)55-45(64)36(58(9)49(42)68)22-32-14-12-11-13-15-32/h11-21,26-31,35-36,39-43,59,62H,10,22-25H2,1-9H3,(H,52,60)(H,53,66)(H,54,67)(H,55,64)(H,56,63)(H,57,65)/b21-20-/t27-,28?,29?,30+,31+,35?,36?,39+,40?,41-,42-,43+,51-/m0/s1. The molecule has 6 rings (SSSR count). The Hall–Kier alpha value is -6.91. The monoisotopic (exact) mass is 1020 g/mol. The van der Waals surface area contributed by atoms with Crippen molar-refractivity contribution in [2.45, 2.75) is 134 Å². The summed E-state index contributed by atoms with van der Waals surface area (Å²) in [5, 5.41) is 37.1. The average molecular weight is 1020 g/mol.